The van der Waals surface area contributed by atoms with Gasteiger partial charge in [-0.15, -0.1) is 0 Å². The summed E-state index contributed by atoms with van der Waals surface area (Å²) >= 11 is 0. The average Bonchev–Trinajstić information content (AvgIpc) is 2.73. The smallest absolute Gasteiger partial charge is 0.251 e. The predicted molar refractivity (Wildman–Crippen MR) is 73.7 cm³/mol. The second kappa shape index (κ2) is 6.20. The van der Waals surface area contributed by atoms with Crippen LogP contribution in [0.25, 0.3) is 0 Å². The maximum Gasteiger partial charge on any atom is 0.251 e. The van der Waals surface area contributed by atoms with Crippen LogP contribution < -0.4 is 0 Å². The molecular weight excluding hydrogens is 222 g/mol. The topological polar surface area (TPSA) is 20.3 Å². The van der Waals surface area contributed by atoms with E-state index in [-0.39, 0.29) is 5.91 Å². The minimum atomic E-state index is 0.0848. The van der Waals surface area contributed by atoms with Crippen molar-refractivity contribution in [2.24, 2.45) is 0 Å². The second-order valence-corrected chi connectivity index (χ2v) is 4.51. The first-order chi connectivity index (χ1) is 8.81. The molecule has 2 heteroatoms. The quantitative estimate of drug-likeness (QED) is 0.720. The molecule has 0 saturated carbocycles. The van der Waals surface area contributed by atoms with Crippen molar-refractivity contribution in [2.75, 3.05) is 0 Å². The van der Waals surface area contributed by atoms with Gasteiger partial charge in [-0.1, -0.05) is 49.8 Å². The van der Waals surface area contributed by atoms with Gasteiger partial charge in [-0.3, -0.25) is 4.79 Å². The molecule has 0 bridgehead atoms. The number of nitrogens with zero attached hydrogens (tertiary/aromatic N) is 1. The van der Waals surface area contributed by atoms with Crippen molar-refractivity contribution in [3.63, 3.8) is 0 Å². The lowest BCUT2D eigenvalue weighted by molar-refractivity contribution is -0.123. The molecule has 0 atom stereocenters. The summed E-state index contributed by atoms with van der Waals surface area (Å²) in [6, 6.07) is 10.1. The summed E-state index contributed by atoms with van der Waals surface area (Å²) in [5.41, 5.74) is 2.20. The maximum atomic E-state index is 11.8. The molecule has 2 rings (SSSR count). The monoisotopic (exact) mass is 241 g/mol. The number of carbonyl (C=O) groups is 1. The summed E-state index contributed by atoms with van der Waals surface area (Å²) in [5.74, 6) is 0.0848. The summed E-state index contributed by atoms with van der Waals surface area (Å²) in [6.07, 6.45) is 9.12. The van der Waals surface area contributed by atoms with E-state index in [1.807, 2.05) is 29.2 Å². The van der Waals surface area contributed by atoms with E-state index >= 15 is 0 Å². The molecule has 0 N–H and O–H groups in total. The Morgan fingerprint density at radius 2 is 1.94 bits per heavy atom. The Hall–Kier alpha value is -1.83. The highest BCUT2D eigenvalue weighted by atomic mass is 16.2. The molecule has 94 valence electrons. The molecule has 1 aromatic rings. The Bertz CT molecular complexity index is 459. The van der Waals surface area contributed by atoms with Gasteiger partial charge in [0.2, 0.25) is 0 Å². The fourth-order valence-corrected chi connectivity index (χ4v) is 2.03. The first kappa shape index (κ1) is 12.6. The van der Waals surface area contributed by atoms with Gasteiger partial charge >= 0.3 is 0 Å². The molecule has 1 aromatic carbocycles. The first-order valence-corrected chi connectivity index (χ1v) is 6.55. The molecule has 0 unspecified atom stereocenters. The third-order valence-electron chi connectivity index (χ3n) is 3.07. The van der Waals surface area contributed by atoms with Crippen LogP contribution in [0.5, 0.6) is 0 Å². The van der Waals surface area contributed by atoms with Crippen LogP contribution in [0.1, 0.15) is 31.7 Å². The van der Waals surface area contributed by atoms with Crippen molar-refractivity contribution in [1.82, 2.24) is 4.90 Å². The number of rotatable bonds is 5. The van der Waals surface area contributed by atoms with Crippen LogP contribution in [0.2, 0.25) is 0 Å². The van der Waals surface area contributed by atoms with Gasteiger partial charge in [0.05, 0.1) is 6.54 Å². The molecule has 2 nitrogen and oxygen atoms in total. The standard InChI is InChI=1S/C16H19NO/c1-2-3-5-10-15-11-12-16(18)17(15)13-14-8-6-4-7-9-14/h4,6-12H,2-3,5,13H2,1H3/b15-10+. The molecule has 0 fully saturated rings. The van der Waals surface area contributed by atoms with Crippen LogP contribution in [-0.4, -0.2) is 10.8 Å². The summed E-state index contributed by atoms with van der Waals surface area (Å²) < 4.78 is 0. The molecule has 1 aliphatic rings. The van der Waals surface area contributed by atoms with Crippen molar-refractivity contribution in [1.29, 1.82) is 0 Å². The van der Waals surface area contributed by atoms with E-state index in [4.69, 9.17) is 0 Å². The summed E-state index contributed by atoms with van der Waals surface area (Å²) in [5, 5.41) is 0. The van der Waals surface area contributed by atoms with Crippen molar-refractivity contribution >= 4 is 5.91 Å². The highest BCUT2D eigenvalue weighted by Gasteiger charge is 2.19. The SMILES string of the molecule is CCCC/C=C1\C=CC(=O)N1Cc1ccccc1. The molecule has 1 amide bonds. The fourth-order valence-electron chi connectivity index (χ4n) is 2.03. The van der Waals surface area contributed by atoms with Gasteiger partial charge in [0.1, 0.15) is 0 Å². The van der Waals surface area contributed by atoms with Crippen molar-refractivity contribution in [2.45, 2.75) is 32.7 Å². The Kier molecular flexibility index (Phi) is 4.35. The third kappa shape index (κ3) is 3.10. The predicted octanol–water partition coefficient (Wildman–Crippen LogP) is 3.66. The van der Waals surface area contributed by atoms with Gasteiger partial charge in [-0.05, 0) is 24.5 Å². The lowest BCUT2D eigenvalue weighted by Crippen LogP contribution is -2.23. The molecule has 0 aliphatic carbocycles. The highest BCUT2D eigenvalue weighted by molar-refractivity contribution is 5.93. The first-order valence-electron chi connectivity index (χ1n) is 6.55. The molecule has 1 heterocycles. The van der Waals surface area contributed by atoms with E-state index in [0.29, 0.717) is 6.54 Å². The number of benzene rings is 1. The van der Waals surface area contributed by atoms with Gasteiger partial charge in [-0.2, -0.15) is 0 Å². The van der Waals surface area contributed by atoms with Gasteiger partial charge in [0.25, 0.3) is 5.91 Å². The molecule has 0 radical (unpaired) electrons. The number of carbonyl (C=O) groups excluding carboxylic acids is 1. The van der Waals surface area contributed by atoms with Crippen LogP contribution >= 0.6 is 0 Å². The van der Waals surface area contributed by atoms with Crippen LogP contribution in [0.4, 0.5) is 0 Å². The third-order valence-corrected chi connectivity index (χ3v) is 3.07. The van der Waals surface area contributed by atoms with Crippen molar-refractivity contribution in [3.05, 3.63) is 59.8 Å². The van der Waals surface area contributed by atoms with E-state index < -0.39 is 0 Å². The van der Waals surface area contributed by atoms with E-state index in [1.165, 1.54) is 12.8 Å². The molecule has 1 aliphatic heterocycles. The Balaban J connectivity index is 2.05. The average molecular weight is 241 g/mol. The summed E-state index contributed by atoms with van der Waals surface area (Å²) in [4.78, 5) is 13.7. The maximum absolute atomic E-state index is 11.8. The lowest BCUT2D eigenvalue weighted by atomic mass is 10.2. The summed E-state index contributed by atoms with van der Waals surface area (Å²) in [7, 11) is 0. The number of amides is 1. The lowest BCUT2D eigenvalue weighted by Gasteiger charge is -2.18. The van der Waals surface area contributed by atoms with Crippen molar-refractivity contribution < 1.29 is 4.79 Å². The van der Waals surface area contributed by atoms with E-state index in [2.05, 4.69) is 25.1 Å². The Morgan fingerprint density at radius 3 is 2.67 bits per heavy atom. The number of allylic oxidation sites excluding steroid dienone is 2. The fraction of sp³-hybridized carbons (Fsp3) is 0.312. The minimum absolute atomic E-state index is 0.0848. The largest absolute Gasteiger partial charge is 0.305 e. The highest BCUT2D eigenvalue weighted by Crippen LogP contribution is 2.19. The zero-order valence-corrected chi connectivity index (χ0v) is 10.8. The van der Waals surface area contributed by atoms with Crippen LogP contribution in [-0.2, 0) is 11.3 Å². The minimum Gasteiger partial charge on any atom is -0.305 e. The van der Waals surface area contributed by atoms with Gasteiger partial charge in [-0.25, -0.2) is 0 Å². The van der Waals surface area contributed by atoms with Crippen molar-refractivity contribution in [3.8, 4) is 0 Å². The van der Waals surface area contributed by atoms with Crippen LogP contribution in [0.3, 0.4) is 0 Å². The van der Waals surface area contributed by atoms with Gasteiger partial charge in [0.15, 0.2) is 0 Å². The Labute approximate surface area is 109 Å². The van der Waals surface area contributed by atoms with E-state index in [1.54, 1.807) is 6.08 Å². The molecule has 0 saturated heterocycles. The van der Waals surface area contributed by atoms with E-state index in [0.717, 1.165) is 17.7 Å². The van der Waals surface area contributed by atoms with Crippen LogP contribution in [0.15, 0.2) is 54.3 Å². The Morgan fingerprint density at radius 1 is 1.17 bits per heavy atom. The van der Waals surface area contributed by atoms with Crippen LogP contribution in [0, 0.1) is 0 Å². The van der Waals surface area contributed by atoms with Gasteiger partial charge in [0, 0.05) is 11.8 Å². The zero-order chi connectivity index (χ0) is 12.8. The van der Waals surface area contributed by atoms with Gasteiger partial charge < -0.3 is 4.90 Å². The normalized spacial score (nSPS) is 16.8. The molecular formula is C16H19NO. The molecule has 18 heavy (non-hydrogen) atoms. The summed E-state index contributed by atoms with van der Waals surface area (Å²) in [6.45, 7) is 2.83. The number of unbranched alkanes of at least 4 members (excludes halogenated alkanes) is 2. The zero-order valence-electron chi connectivity index (χ0n) is 10.8. The molecule has 0 aromatic heterocycles. The molecule has 0 spiro atoms. The second-order valence-electron chi connectivity index (χ2n) is 4.51. The number of hydrogen-bond acceptors (Lipinski definition) is 1. The number of hydrogen-bond donors (Lipinski definition) is 0. The van der Waals surface area contributed by atoms with E-state index in [9.17, 15) is 4.79 Å².